The Morgan fingerprint density at radius 3 is 3.00 bits per heavy atom. The van der Waals surface area contributed by atoms with Gasteiger partial charge in [0, 0.05) is 5.92 Å². The lowest BCUT2D eigenvalue weighted by molar-refractivity contribution is 0.160. The molecule has 0 aromatic carbocycles. The fourth-order valence-electron chi connectivity index (χ4n) is 1.10. The molecular weight excluding hydrogens is 130 g/mol. The molecule has 1 aliphatic heterocycles. The van der Waals surface area contributed by atoms with Crippen molar-refractivity contribution in [3.05, 3.63) is 12.7 Å². The zero-order valence-corrected chi connectivity index (χ0v) is 5.92. The lowest BCUT2D eigenvalue weighted by Crippen LogP contribution is -2.46. The molecule has 1 aliphatic rings. The molecule has 0 bridgehead atoms. The fourth-order valence-corrected chi connectivity index (χ4v) is 1.10. The van der Waals surface area contributed by atoms with Crippen molar-refractivity contribution < 1.29 is 9.84 Å². The summed E-state index contributed by atoms with van der Waals surface area (Å²) in [5.41, 5.74) is 5.30. The van der Waals surface area contributed by atoms with Crippen molar-refractivity contribution >= 4 is 0 Å². The molecule has 0 aromatic rings. The Morgan fingerprint density at radius 2 is 2.60 bits per heavy atom. The minimum Gasteiger partial charge on any atom is -0.396 e. The second-order valence-electron chi connectivity index (χ2n) is 2.71. The molecule has 3 N–H and O–H groups in total. The van der Waals surface area contributed by atoms with Gasteiger partial charge in [0.2, 0.25) is 0 Å². The van der Waals surface area contributed by atoms with Crippen LogP contribution < -0.4 is 5.73 Å². The van der Waals surface area contributed by atoms with E-state index in [-0.39, 0.29) is 12.5 Å². The van der Waals surface area contributed by atoms with Gasteiger partial charge in [0.15, 0.2) is 0 Å². The number of aliphatic hydroxyl groups is 1. The molecule has 0 radical (unpaired) electrons. The summed E-state index contributed by atoms with van der Waals surface area (Å²) >= 11 is 0. The predicted octanol–water partition coefficient (Wildman–Crippen LogP) is -0.491. The third kappa shape index (κ3) is 1.08. The maximum atomic E-state index is 8.82. The van der Waals surface area contributed by atoms with Gasteiger partial charge in [0.25, 0.3) is 0 Å². The van der Waals surface area contributed by atoms with Crippen LogP contribution in [0.25, 0.3) is 0 Å². The summed E-state index contributed by atoms with van der Waals surface area (Å²) in [4.78, 5) is 0. The summed E-state index contributed by atoms with van der Waals surface area (Å²) in [5, 5.41) is 8.82. The van der Waals surface area contributed by atoms with E-state index in [9.17, 15) is 0 Å². The summed E-state index contributed by atoms with van der Waals surface area (Å²) in [6, 6.07) is 0. The first-order chi connectivity index (χ1) is 4.73. The fraction of sp³-hybridized carbons (Fsp3) is 0.714. The van der Waals surface area contributed by atoms with Gasteiger partial charge in [-0.25, -0.2) is 0 Å². The van der Waals surface area contributed by atoms with Crippen LogP contribution in [-0.2, 0) is 4.74 Å². The van der Waals surface area contributed by atoms with E-state index in [1.54, 1.807) is 6.08 Å². The summed E-state index contributed by atoms with van der Waals surface area (Å²) in [6.07, 6.45) is 1.65. The smallest absolute Gasteiger partial charge is 0.0686 e. The number of hydrogen-bond acceptors (Lipinski definition) is 3. The predicted molar refractivity (Wildman–Crippen MR) is 38.5 cm³/mol. The lowest BCUT2D eigenvalue weighted by atomic mass is 9.89. The molecule has 0 amide bonds. The SMILES string of the molecule is C=C[C@@]1(N)COC[C@@H]1CO. The molecule has 3 heteroatoms. The van der Waals surface area contributed by atoms with Crippen molar-refractivity contribution in [1.82, 2.24) is 0 Å². The monoisotopic (exact) mass is 143 g/mol. The first-order valence-electron chi connectivity index (χ1n) is 3.34. The number of rotatable bonds is 2. The highest BCUT2D eigenvalue weighted by atomic mass is 16.5. The van der Waals surface area contributed by atoms with Crippen molar-refractivity contribution in [3.63, 3.8) is 0 Å². The Hall–Kier alpha value is -0.380. The Balaban J connectivity index is 2.65. The average Bonchev–Trinajstić information content (AvgIpc) is 2.32. The molecule has 1 saturated heterocycles. The normalized spacial score (nSPS) is 40.0. The van der Waals surface area contributed by atoms with Crippen LogP contribution in [0.5, 0.6) is 0 Å². The summed E-state index contributed by atoms with van der Waals surface area (Å²) in [5.74, 6) is 0.0185. The number of nitrogens with two attached hydrogens (primary N) is 1. The van der Waals surface area contributed by atoms with Crippen LogP contribution in [0.1, 0.15) is 0 Å². The molecule has 0 unspecified atom stereocenters. The molecule has 10 heavy (non-hydrogen) atoms. The van der Waals surface area contributed by atoms with Crippen molar-refractivity contribution in [2.24, 2.45) is 11.7 Å². The van der Waals surface area contributed by atoms with Gasteiger partial charge in [-0.15, -0.1) is 6.58 Å². The molecule has 0 saturated carbocycles. The number of hydrogen-bond donors (Lipinski definition) is 2. The topological polar surface area (TPSA) is 55.5 Å². The molecular formula is C7H13NO2. The first kappa shape index (κ1) is 7.72. The third-order valence-electron chi connectivity index (χ3n) is 2.03. The van der Waals surface area contributed by atoms with Gasteiger partial charge in [-0.3, -0.25) is 0 Å². The second kappa shape index (κ2) is 2.70. The summed E-state index contributed by atoms with van der Waals surface area (Å²) in [6.45, 7) is 4.68. The van der Waals surface area contributed by atoms with E-state index < -0.39 is 5.54 Å². The van der Waals surface area contributed by atoms with Crippen LogP contribution in [0.3, 0.4) is 0 Å². The zero-order valence-electron chi connectivity index (χ0n) is 5.92. The van der Waals surface area contributed by atoms with Gasteiger partial charge in [0.1, 0.15) is 0 Å². The molecule has 58 valence electrons. The first-order valence-corrected chi connectivity index (χ1v) is 3.34. The zero-order chi connectivity index (χ0) is 7.61. The van der Waals surface area contributed by atoms with Gasteiger partial charge >= 0.3 is 0 Å². The van der Waals surface area contributed by atoms with Crippen LogP contribution in [0.2, 0.25) is 0 Å². The Labute approximate surface area is 60.5 Å². The van der Waals surface area contributed by atoms with E-state index >= 15 is 0 Å². The van der Waals surface area contributed by atoms with Crippen LogP contribution in [0.15, 0.2) is 12.7 Å². The minimum absolute atomic E-state index is 0.0185. The number of ether oxygens (including phenoxy) is 1. The van der Waals surface area contributed by atoms with Crippen LogP contribution in [0, 0.1) is 5.92 Å². The van der Waals surface area contributed by atoms with E-state index in [2.05, 4.69) is 6.58 Å². The molecule has 0 aromatic heterocycles. The van der Waals surface area contributed by atoms with Crippen LogP contribution >= 0.6 is 0 Å². The van der Waals surface area contributed by atoms with Gasteiger partial charge in [-0.1, -0.05) is 6.08 Å². The van der Waals surface area contributed by atoms with E-state index in [1.807, 2.05) is 0 Å². The lowest BCUT2D eigenvalue weighted by Gasteiger charge is -2.23. The molecule has 3 nitrogen and oxygen atoms in total. The molecule has 1 rings (SSSR count). The van der Waals surface area contributed by atoms with Gasteiger partial charge in [-0.2, -0.15) is 0 Å². The Bertz CT molecular complexity index is 138. The standard InChI is InChI=1S/C7H13NO2/c1-2-7(8)5-10-4-6(7)3-9/h2,6,9H,1,3-5,8H2/t6-,7+/m0/s1. The molecule has 0 aliphatic carbocycles. The van der Waals surface area contributed by atoms with Gasteiger partial charge in [0.05, 0.1) is 25.4 Å². The highest BCUT2D eigenvalue weighted by molar-refractivity contribution is 5.07. The van der Waals surface area contributed by atoms with E-state index in [4.69, 9.17) is 15.6 Å². The summed E-state index contributed by atoms with van der Waals surface area (Å²) < 4.78 is 5.10. The van der Waals surface area contributed by atoms with E-state index in [1.165, 1.54) is 0 Å². The molecule has 2 atom stereocenters. The highest BCUT2D eigenvalue weighted by Crippen LogP contribution is 2.23. The highest BCUT2D eigenvalue weighted by Gasteiger charge is 2.37. The van der Waals surface area contributed by atoms with Gasteiger partial charge in [-0.05, 0) is 0 Å². The van der Waals surface area contributed by atoms with E-state index in [0.29, 0.717) is 13.2 Å². The van der Waals surface area contributed by atoms with Crippen LogP contribution in [0.4, 0.5) is 0 Å². The quantitative estimate of drug-likeness (QED) is 0.513. The van der Waals surface area contributed by atoms with Gasteiger partial charge < -0.3 is 15.6 Å². The molecule has 1 heterocycles. The van der Waals surface area contributed by atoms with Crippen molar-refractivity contribution in [3.8, 4) is 0 Å². The van der Waals surface area contributed by atoms with E-state index in [0.717, 1.165) is 0 Å². The average molecular weight is 143 g/mol. The third-order valence-corrected chi connectivity index (χ3v) is 2.03. The Morgan fingerprint density at radius 1 is 1.90 bits per heavy atom. The minimum atomic E-state index is -0.505. The Kier molecular flexibility index (Phi) is 2.08. The largest absolute Gasteiger partial charge is 0.396 e. The second-order valence-corrected chi connectivity index (χ2v) is 2.71. The van der Waals surface area contributed by atoms with Crippen LogP contribution in [-0.4, -0.2) is 30.5 Å². The van der Waals surface area contributed by atoms with Crippen molar-refractivity contribution in [1.29, 1.82) is 0 Å². The summed E-state index contributed by atoms with van der Waals surface area (Å²) in [7, 11) is 0. The van der Waals surface area contributed by atoms with Crippen molar-refractivity contribution in [2.75, 3.05) is 19.8 Å². The molecule has 1 fully saturated rings. The van der Waals surface area contributed by atoms with Crippen molar-refractivity contribution in [2.45, 2.75) is 5.54 Å². The maximum absolute atomic E-state index is 8.82. The molecule has 0 spiro atoms. The number of aliphatic hydroxyl groups excluding tert-OH is 1. The maximum Gasteiger partial charge on any atom is 0.0686 e.